The third-order valence-electron chi connectivity index (χ3n) is 2.97. The molecule has 0 saturated carbocycles. The lowest BCUT2D eigenvalue weighted by Gasteiger charge is -2.27. The highest BCUT2D eigenvalue weighted by Crippen LogP contribution is 2.14. The lowest BCUT2D eigenvalue weighted by Crippen LogP contribution is -2.32. The number of rotatable bonds is 7. The van der Waals surface area contributed by atoms with Crippen molar-refractivity contribution in [3.05, 3.63) is 0 Å². The minimum absolute atomic E-state index is 0.767. The van der Waals surface area contributed by atoms with Gasteiger partial charge in [-0.15, -0.1) is 0 Å². The number of nitrogens with one attached hydrogen (secondary N) is 1. The molecule has 0 spiro atoms. The summed E-state index contributed by atoms with van der Waals surface area (Å²) in [5, 5.41) is 3.36. The molecule has 1 fully saturated rings. The first kappa shape index (κ1) is 12.9. The average molecular weight is 214 g/mol. The molecule has 0 radical (unpaired) electrons. The Labute approximate surface area is 94.2 Å². The van der Waals surface area contributed by atoms with Gasteiger partial charge in [0.05, 0.1) is 6.61 Å². The number of hydrogen-bond acceptors (Lipinski definition) is 3. The van der Waals surface area contributed by atoms with Gasteiger partial charge >= 0.3 is 0 Å². The molecule has 1 rings (SSSR count). The molecular weight excluding hydrogens is 188 g/mol. The van der Waals surface area contributed by atoms with Gasteiger partial charge in [-0.3, -0.25) is 0 Å². The first-order valence-electron chi connectivity index (χ1n) is 6.30. The smallest absolute Gasteiger partial charge is 0.0506 e. The molecular formula is C12H26N2O. The maximum absolute atomic E-state index is 5.49. The van der Waals surface area contributed by atoms with Crippen LogP contribution in [0.25, 0.3) is 0 Å². The van der Waals surface area contributed by atoms with Crippen LogP contribution in [0.15, 0.2) is 0 Å². The van der Waals surface area contributed by atoms with Crippen LogP contribution >= 0.6 is 0 Å². The summed E-state index contributed by atoms with van der Waals surface area (Å²) in [6.07, 6.45) is 3.84. The summed E-state index contributed by atoms with van der Waals surface area (Å²) < 4.78 is 5.49. The molecule has 1 N–H and O–H groups in total. The van der Waals surface area contributed by atoms with Gasteiger partial charge in [-0.05, 0) is 51.9 Å². The molecule has 0 aromatic rings. The molecule has 0 amide bonds. The Bertz CT molecular complexity index is 147. The Hall–Kier alpha value is -0.120. The Morgan fingerprint density at radius 1 is 1.47 bits per heavy atom. The van der Waals surface area contributed by atoms with Crippen molar-refractivity contribution in [2.24, 2.45) is 5.92 Å². The third kappa shape index (κ3) is 6.13. The Morgan fingerprint density at radius 2 is 2.33 bits per heavy atom. The summed E-state index contributed by atoms with van der Waals surface area (Å²) >= 11 is 0. The van der Waals surface area contributed by atoms with Crippen LogP contribution in [0.3, 0.4) is 0 Å². The van der Waals surface area contributed by atoms with E-state index in [1.165, 1.54) is 32.4 Å². The van der Waals surface area contributed by atoms with Crippen molar-refractivity contribution in [1.29, 1.82) is 0 Å². The van der Waals surface area contributed by atoms with Gasteiger partial charge in [-0.1, -0.05) is 6.92 Å². The van der Waals surface area contributed by atoms with Crippen LogP contribution in [0.2, 0.25) is 0 Å². The van der Waals surface area contributed by atoms with Crippen LogP contribution < -0.4 is 5.32 Å². The van der Waals surface area contributed by atoms with Crippen molar-refractivity contribution in [3.63, 3.8) is 0 Å². The normalized spacial score (nSPS) is 22.2. The zero-order chi connectivity index (χ0) is 10.9. The number of hydrogen-bond donors (Lipinski definition) is 1. The van der Waals surface area contributed by atoms with Crippen LogP contribution in [0.5, 0.6) is 0 Å². The maximum atomic E-state index is 5.49. The van der Waals surface area contributed by atoms with Gasteiger partial charge in [0, 0.05) is 13.2 Å². The van der Waals surface area contributed by atoms with E-state index in [0.29, 0.717) is 0 Å². The van der Waals surface area contributed by atoms with E-state index in [4.69, 9.17) is 4.74 Å². The van der Waals surface area contributed by atoms with E-state index in [1.807, 2.05) is 0 Å². The van der Waals surface area contributed by atoms with Crippen molar-refractivity contribution < 1.29 is 4.74 Å². The first-order valence-corrected chi connectivity index (χ1v) is 6.30. The SMILES string of the molecule is CCNCCCN(C)CC1CCCOC1. The lowest BCUT2D eigenvalue weighted by atomic mass is 10.0. The summed E-state index contributed by atoms with van der Waals surface area (Å²) in [7, 11) is 2.22. The van der Waals surface area contributed by atoms with Crippen LogP contribution in [0.1, 0.15) is 26.2 Å². The Morgan fingerprint density at radius 3 is 3.00 bits per heavy atom. The van der Waals surface area contributed by atoms with Gasteiger partial charge in [0.1, 0.15) is 0 Å². The quantitative estimate of drug-likeness (QED) is 0.647. The largest absolute Gasteiger partial charge is 0.381 e. The summed E-state index contributed by atoms with van der Waals surface area (Å²) in [4.78, 5) is 2.44. The van der Waals surface area contributed by atoms with E-state index in [9.17, 15) is 0 Å². The molecule has 0 aromatic carbocycles. The van der Waals surface area contributed by atoms with Gasteiger partial charge in [0.25, 0.3) is 0 Å². The molecule has 1 aliphatic heterocycles. The zero-order valence-corrected chi connectivity index (χ0v) is 10.3. The molecule has 90 valence electrons. The molecule has 0 aromatic heterocycles. The first-order chi connectivity index (χ1) is 7.33. The molecule has 1 saturated heterocycles. The average Bonchev–Trinajstić information content (AvgIpc) is 2.26. The maximum Gasteiger partial charge on any atom is 0.0506 e. The number of nitrogens with zero attached hydrogens (tertiary/aromatic N) is 1. The summed E-state index contributed by atoms with van der Waals surface area (Å²) in [6, 6.07) is 0. The molecule has 15 heavy (non-hydrogen) atoms. The summed E-state index contributed by atoms with van der Waals surface area (Å²) in [5.74, 6) is 0.767. The minimum atomic E-state index is 0.767. The topological polar surface area (TPSA) is 24.5 Å². The molecule has 3 heteroatoms. The standard InChI is InChI=1S/C12H26N2O/c1-3-13-7-5-8-14(2)10-12-6-4-9-15-11-12/h12-13H,3-11H2,1-2H3. The van der Waals surface area contributed by atoms with E-state index >= 15 is 0 Å². The molecule has 0 aliphatic carbocycles. The van der Waals surface area contributed by atoms with Crippen LogP contribution in [-0.4, -0.2) is 51.3 Å². The van der Waals surface area contributed by atoms with Crippen molar-refractivity contribution in [2.45, 2.75) is 26.2 Å². The molecule has 1 heterocycles. The lowest BCUT2D eigenvalue weighted by molar-refractivity contribution is 0.0420. The van der Waals surface area contributed by atoms with Gasteiger partial charge in [0.2, 0.25) is 0 Å². The summed E-state index contributed by atoms with van der Waals surface area (Å²) in [5.41, 5.74) is 0. The molecule has 1 aliphatic rings. The second-order valence-electron chi connectivity index (χ2n) is 4.55. The van der Waals surface area contributed by atoms with Crippen LogP contribution in [0, 0.1) is 5.92 Å². The molecule has 3 nitrogen and oxygen atoms in total. The third-order valence-corrected chi connectivity index (χ3v) is 2.97. The van der Waals surface area contributed by atoms with E-state index < -0.39 is 0 Å². The fourth-order valence-electron chi connectivity index (χ4n) is 2.13. The molecule has 0 bridgehead atoms. The van der Waals surface area contributed by atoms with Crippen LogP contribution in [-0.2, 0) is 4.74 Å². The van der Waals surface area contributed by atoms with E-state index in [0.717, 1.165) is 32.2 Å². The zero-order valence-electron chi connectivity index (χ0n) is 10.3. The number of ether oxygens (including phenoxy) is 1. The van der Waals surface area contributed by atoms with E-state index in [1.54, 1.807) is 0 Å². The van der Waals surface area contributed by atoms with Crippen molar-refractivity contribution in [3.8, 4) is 0 Å². The summed E-state index contributed by atoms with van der Waals surface area (Å²) in [6.45, 7) is 8.72. The van der Waals surface area contributed by atoms with E-state index in [2.05, 4.69) is 24.2 Å². The highest BCUT2D eigenvalue weighted by atomic mass is 16.5. The van der Waals surface area contributed by atoms with Gasteiger partial charge in [-0.25, -0.2) is 0 Å². The van der Waals surface area contributed by atoms with Crippen molar-refractivity contribution in [1.82, 2.24) is 10.2 Å². The Balaban J connectivity index is 1.98. The highest BCUT2D eigenvalue weighted by molar-refractivity contribution is 4.67. The van der Waals surface area contributed by atoms with Crippen molar-refractivity contribution >= 4 is 0 Å². The fourth-order valence-corrected chi connectivity index (χ4v) is 2.13. The monoisotopic (exact) mass is 214 g/mol. The van der Waals surface area contributed by atoms with Crippen LogP contribution in [0.4, 0.5) is 0 Å². The second kappa shape index (κ2) is 8.08. The predicted octanol–water partition coefficient (Wildman–Crippen LogP) is 1.34. The predicted molar refractivity (Wildman–Crippen MR) is 64.2 cm³/mol. The fraction of sp³-hybridized carbons (Fsp3) is 1.00. The highest BCUT2D eigenvalue weighted by Gasteiger charge is 2.15. The van der Waals surface area contributed by atoms with Gasteiger partial charge in [0.15, 0.2) is 0 Å². The Kier molecular flexibility index (Phi) is 6.98. The van der Waals surface area contributed by atoms with Gasteiger partial charge < -0.3 is 15.0 Å². The molecule has 1 unspecified atom stereocenters. The minimum Gasteiger partial charge on any atom is -0.381 e. The second-order valence-corrected chi connectivity index (χ2v) is 4.55. The van der Waals surface area contributed by atoms with Gasteiger partial charge in [-0.2, -0.15) is 0 Å². The molecule has 1 atom stereocenters. The van der Waals surface area contributed by atoms with Crippen molar-refractivity contribution in [2.75, 3.05) is 46.4 Å². The van der Waals surface area contributed by atoms with E-state index in [-0.39, 0.29) is 0 Å².